The van der Waals surface area contributed by atoms with Gasteiger partial charge in [-0.15, -0.1) is 0 Å². The lowest BCUT2D eigenvalue weighted by Crippen LogP contribution is -2.39. The van der Waals surface area contributed by atoms with Crippen molar-refractivity contribution in [2.45, 2.75) is 30.2 Å². The number of likely N-dealkylation sites (tertiary alicyclic amines) is 2. The average Bonchev–Trinajstić information content (AvgIpc) is 3.13. The Hall–Kier alpha value is -3.01. The molecule has 35 heavy (non-hydrogen) atoms. The van der Waals surface area contributed by atoms with E-state index >= 15 is 0 Å². The minimum atomic E-state index is -3.64. The van der Waals surface area contributed by atoms with E-state index in [0.29, 0.717) is 13.1 Å². The fourth-order valence-corrected chi connectivity index (χ4v) is 5.58. The number of Topliss-reactive ketones (excluding diaryl/α,β-unsaturated/α-hetero) is 1. The third-order valence-corrected chi connectivity index (χ3v) is 8.50. The fraction of sp³-hybridized carbons (Fsp3) is 0.385. The number of piperidine rings is 1. The second-order valence-electron chi connectivity index (χ2n) is 9.12. The van der Waals surface area contributed by atoms with Gasteiger partial charge in [-0.3, -0.25) is 9.59 Å². The van der Waals surface area contributed by atoms with Crippen molar-refractivity contribution >= 4 is 27.5 Å². The highest BCUT2D eigenvalue weighted by Crippen LogP contribution is 2.39. The number of carbonyl (C=O) groups excluding carboxylic acids is 2. The number of hydrogen-bond donors (Lipinski definition) is 1. The van der Waals surface area contributed by atoms with Gasteiger partial charge in [-0.2, -0.15) is 0 Å². The Kier molecular flexibility index (Phi) is 7.39. The minimum absolute atomic E-state index is 0.0167. The van der Waals surface area contributed by atoms with Crippen molar-refractivity contribution in [3.8, 4) is 0 Å². The van der Waals surface area contributed by atoms with Crippen LogP contribution in [-0.4, -0.2) is 79.6 Å². The Labute approximate surface area is 206 Å². The highest BCUT2D eigenvalue weighted by molar-refractivity contribution is 7.89. The summed E-state index contributed by atoms with van der Waals surface area (Å²) in [6, 6.07) is 14.2. The first kappa shape index (κ1) is 25.1. The third-order valence-electron chi connectivity index (χ3n) is 6.67. The SMILES string of the molecule is CN(C)S(=O)(=O)c1ccc(C(O)=C2C(=O)C(=O)N(CCN3CCCCC3)[C@H]2c2ccccc2)cc1. The smallest absolute Gasteiger partial charge is 0.295 e. The zero-order valence-corrected chi connectivity index (χ0v) is 20.9. The molecule has 2 aliphatic rings. The van der Waals surface area contributed by atoms with E-state index in [0.717, 1.165) is 35.8 Å². The Balaban J connectivity index is 1.71. The molecule has 2 aromatic carbocycles. The molecule has 186 valence electrons. The molecular weight excluding hydrogens is 466 g/mol. The number of nitrogens with zero attached hydrogens (tertiary/aromatic N) is 3. The van der Waals surface area contributed by atoms with Crippen LogP contribution in [0.1, 0.15) is 36.4 Å². The molecule has 0 bridgehead atoms. The van der Waals surface area contributed by atoms with E-state index in [-0.39, 0.29) is 21.8 Å². The molecule has 2 aromatic rings. The number of benzene rings is 2. The van der Waals surface area contributed by atoms with E-state index in [1.54, 1.807) is 4.90 Å². The molecule has 0 saturated carbocycles. The van der Waals surface area contributed by atoms with Crippen LogP contribution in [0, 0.1) is 0 Å². The molecular formula is C26H31N3O5S. The average molecular weight is 498 g/mol. The number of hydrogen-bond acceptors (Lipinski definition) is 6. The summed E-state index contributed by atoms with van der Waals surface area (Å²) < 4.78 is 25.9. The number of aliphatic hydroxyl groups is 1. The molecule has 1 amide bonds. The van der Waals surface area contributed by atoms with Gasteiger partial charge in [0.1, 0.15) is 5.76 Å². The number of rotatable bonds is 7. The van der Waals surface area contributed by atoms with Gasteiger partial charge in [0.15, 0.2) is 0 Å². The summed E-state index contributed by atoms with van der Waals surface area (Å²) in [5, 5.41) is 11.2. The number of ketones is 1. The van der Waals surface area contributed by atoms with Crippen LogP contribution in [0.5, 0.6) is 0 Å². The van der Waals surface area contributed by atoms with E-state index in [1.807, 2.05) is 30.3 Å². The van der Waals surface area contributed by atoms with Gasteiger partial charge in [-0.1, -0.05) is 36.8 Å². The fourth-order valence-electron chi connectivity index (χ4n) is 4.68. The van der Waals surface area contributed by atoms with Crippen molar-refractivity contribution in [3.63, 3.8) is 0 Å². The molecule has 1 N–H and O–H groups in total. The van der Waals surface area contributed by atoms with Crippen molar-refractivity contribution in [2.24, 2.45) is 0 Å². The predicted molar refractivity (Wildman–Crippen MR) is 133 cm³/mol. The van der Waals surface area contributed by atoms with Crippen LogP contribution >= 0.6 is 0 Å². The van der Waals surface area contributed by atoms with Gasteiger partial charge < -0.3 is 14.9 Å². The minimum Gasteiger partial charge on any atom is -0.507 e. The molecule has 0 unspecified atom stereocenters. The lowest BCUT2D eigenvalue weighted by molar-refractivity contribution is -0.140. The lowest BCUT2D eigenvalue weighted by atomic mass is 9.95. The van der Waals surface area contributed by atoms with Crippen molar-refractivity contribution in [3.05, 3.63) is 71.3 Å². The molecule has 4 rings (SSSR count). The van der Waals surface area contributed by atoms with Crippen molar-refractivity contribution in [1.82, 2.24) is 14.1 Å². The summed E-state index contributed by atoms with van der Waals surface area (Å²) >= 11 is 0. The molecule has 8 nitrogen and oxygen atoms in total. The Morgan fingerprint density at radius 1 is 0.943 bits per heavy atom. The summed E-state index contributed by atoms with van der Waals surface area (Å²) in [4.78, 5) is 30.2. The molecule has 2 aliphatic heterocycles. The largest absolute Gasteiger partial charge is 0.507 e. The second-order valence-corrected chi connectivity index (χ2v) is 11.3. The van der Waals surface area contributed by atoms with E-state index in [1.165, 1.54) is 44.8 Å². The van der Waals surface area contributed by atoms with Crippen LogP contribution < -0.4 is 0 Å². The quantitative estimate of drug-likeness (QED) is 0.359. The lowest BCUT2D eigenvalue weighted by Gasteiger charge is -2.31. The van der Waals surface area contributed by atoms with Crippen molar-refractivity contribution in [2.75, 3.05) is 40.3 Å². The summed E-state index contributed by atoms with van der Waals surface area (Å²) in [5.74, 6) is -1.68. The zero-order chi connectivity index (χ0) is 25.2. The predicted octanol–water partition coefficient (Wildman–Crippen LogP) is 2.84. The van der Waals surface area contributed by atoms with Crippen LogP contribution in [0.2, 0.25) is 0 Å². The molecule has 0 radical (unpaired) electrons. The second kappa shape index (κ2) is 10.3. The first-order chi connectivity index (χ1) is 16.7. The van der Waals surface area contributed by atoms with Crippen molar-refractivity contribution in [1.29, 1.82) is 0 Å². The van der Waals surface area contributed by atoms with E-state index in [4.69, 9.17) is 0 Å². The van der Waals surface area contributed by atoms with Gasteiger partial charge in [-0.25, -0.2) is 12.7 Å². The van der Waals surface area contributed by atoms with Crippen LogP contribution in [0.3, 0.4) is 0 Å². The maximum atomic E-state index is 13.2. The van der Waals surface area contributed by atoms with Gasteiger partial charge >= 0.3 is 0 Å². The third kappa shape index (κ3) is 5.03. The zero-order valence-electron chi connectivity index (χ0n) is 20.1. The maximum absolute atomic E-state index is 13.2. The molecule has 2 fully saturated rings. The van der Waals surface area contributed by atoms with E-state index in [2.05, 4.69) is 4.90 Å². The van der Waals surface area contributed by atoms with E-state index < -0.39 is 27.8 Å². The summed E-state index contributed by atoms with van der Waals surface area (Å²) in [6.07, 6.45) is 3.46. The van der Waals surface area contributed by atoms with Crippen LogP contribution in [0.15, 0.2) is 65.1 Å². The van der Waals surface area contributed by atoms with Gasteiger partial charge in [-0.05, 0) is 55.8 Å². The number of carbonyl (C=O) groups is 2. The first-order valence-corrected chi connectivity index (χ1v) is 13.2. The number of amides is 1. The van der Waals surface area contributed by atoms with Gasteiger partial charge in [0.25, 0.3) is 11.7 Å². The number of aliphatic hydroxyl groups excluding tert-OH is 1. The molecule has 1 atom stereocenters. The van der Waals surface area contributed by atoms with Gasteiger partial charge in [0.05, 0.1) is 16.5 Å². The maximum Gasteiger partial charge on any atom is 0.295 e. The Morgan fingerprint density at radius 3 is 2.17 bits per heavy atom. The summed E-state index contributed by atoms with van der Waals surface area (Å²) in [6.45, 7) is 2.98. The highest BCUT2D eigenvalue weighted by atomic mass is 32.2. The Bertz CT molecular complexity index is 1220. The van der Waals surface area contributed by atoms with Crippen LogP contribution in [0.4, 0.5) is 0 Å². The molecule has 0 spiro atoms. The van der Waals surface area contributed by atoms with E-state index in [9.17, 15) is 23.1 Å². The monoisotopic (exact) mass is 497 g/mol. The van der Waals surface area contributed by atoms with Crippen molar-refractivity contribution < 1.29 is 23.1 Å². The van der Waals surface area contributed by atoms with Gasteiger partial charge in [0.2, 0.25) is 10.0 Å². The Morgan fingerprint density at radius 2 is 1.57 bits per heavy atom. The molecule has 2 saturated heterocycles. The first-order valence-electron chi connectivity index (χ1n) is 11.8. The highest BCUT2D eigenvalue weighted by Gasteiger charge is 2.46. The standard InChI is InChI=1S/C26H31N3O5S/c1-27(2)35(33,34)21-13-11-20(12-14-21)24(30)22-23(19-9-5-3-6-10-19)29(26(32)25(22)31)18-17-28-15-7-4-8-16-28/h3,5-6,9-14,23,30H,4,7-8,15-18H2,1-2H3/t23-/m0/s1. The molecule has 0 aromatic heterocycles. The van der Waals surface area contributed by atoms with Gasteiger partial charge in [0, 0.05) is 32.7 Å². The normalized spacial score (nSPS) is 21.1. The molecule has 0 aliphatic carbocycles. The van der Waals surface area contributed by atoms with Crippen LogP contribution in [0.25, 0.3) is 5.76 Å². The summed E-state index contributed by atoms with van der Waals surface area (Å²) in [7, 11) is -0.759. The summed E-state index contributed by atoms with van der Waals surface area (Å²) in [5.41, 5.74) is 1.03. The topological polar surface area (TPSA) is 98.2 Å². The molecule has 9 heteroatoms. The number of sulfonamides is 1. The molecule has 2 heterocycles. The van der Waals surface area contributed by atoms with Crippen LogP contribution in [-0.2, 0) is 19.6 Å².